The van der Waals surface area contributed by atoms with Crippen LogP contribution in [0.3, 0.4) is 0 Å². The van der Waals surface area contributed by atoms with Crippen molar-refractivity contribution >= 4 is 28.9 Å². The van der Waals surface area contributed by atoms with E-state index in [1.807, 2.05) is 0 Å². The molecule has 0 aliphatic rings. The highest BCUT2D eigenvalue weighted by Crippen LogP contribution is 2.24. The molecule has 0 aliphatic carbocycles. The van der Waals surface area contributed by atoms with Crippen LogP contribution in [-0.4, -0.2) is 52.1 Å². The van der Waals surface area contributed by atoms with Crippen LogP contribution >= 0.6 is 0 Å². The van der Waals surface area contributed by atoms with Crippen molar-refractivity contribution in [1.82, 2.24) is 20.1 Å². The van der Waals surface area contributed by atoms with Crippen LogP contribution in [0.25, 0.3) is 5.69 Å². The number of nitro groups is 1. The molecule has 11 nitrogen and oxygen atoms in total. The van der Waals surface area contributed by atoms with Crippen molar-refractivity contribution in [2.45, 2.75) is 0 Å². The Morgan fingerprint density at radius 3 is 2.50 bits per heavy atom. The zero-order chi connectivity index (χ0) is 21.7. The zero-order valence-electron chi connectivity index (χ0n) is 16.3. The third kappa shape index (κ3) is 4.76. The normalized spacial score (nSPS) is 10.3. The van der Waals surface area contributed by atoms with Crippen molar-refractivity contribution in [3.8, 4) is 5.69 Å². The summed E-state index contributed by atoms with van der Waals surface area (Å²) < 4.78 is 1.58. The van der Waals surface area contributed by atoms with Crippen LogP contribution in [0, 0.1) is 10.1 Å². The largest absolute Gasteiger partial charge is 0.377 e. The SMILES string of the molecule is CN(C)c1ccc([N+](=O)[O-])cc1C(=O)NCC(=O)Nc1ccc(-n2cncn2)cc1. The van der Waals surface area contributed by atoms with E-state index in [0.717, 1.165) is 5.69 Å². The molecule has 30 heavy (non-hydrogen) atoms. The third-order valence-electron chi connectivity index (χ3n) is 4.16. The Kier molecular flexibility index (Phi) is 6.01. The Hall–Kier alpha value is -4.28. The number of amides is 2. The van der Waals surface area contributed by atoms with E-state index < -0.39 is 16.7 Å². The lowest BCUT2D eigenvalue weighted by molar-refractivity contribution is -0.384. The summed E-state index contributed by atoms with van der Waals surface area (Å²) in [6, 6.07) is 10.9. The Morgan fingerprint density at radius 1 is 1.17 bits per heavy atom. The van der Waals surface area contributed by atoms with Gasteiger partial charge in [0, 0.05) is 37.6 Å². The van der Waals surface area contributed by atoms with Gasteiger partial charge < -0.3 is 15.5 Å². The van der Waals surface area contributed by atoms with Crippen molar-refractivity contribution in [2.24, 2.45) is 0 Å². The Bertz CT molecular complexity index is 1060. The fraction of sp³-hybridized carbons (Fsp3) is 0.158. The average Bonchev–Trinajstić information content (AvgIpc) is 3.27. The number of anilines is 2. The molecule has 0 aliphatic heterocycles. The first-order valence-electron chi connectivity index (χ1n) is 8.84. The summed E-state index contributed by atoms with van der Waals surface area (Å²) in [4.78, 5) is 40.7. The van der Waals surface area contributed by atoms with Crippen molar-refractivity contribution < 1.29 is 14.5 Å². The molecule has 0 fully saturated rings. The standard InChI is InChI=1S/C19H19N7O4/c1-24(2)17-8-7-15(26(29)30)9-16(17)19(28)21-10-18(27)23-13-3-5-14(6-4-13)25-12-20-11-22-25/h3-9,11-12H,10H2,1-2H3,(H,21,28)(H,23,27). The minimum Gasteiger partial charge on any atom is -0.377 e. The number of rotatable bonds is 7. The van der Waals surface area contributed by atoms with Crippen molar-refractivity contribution in [3.05, 3.63) is 70.8 Å². The maximum Gasteiger partial charge on any atom is 0.270 e. The second-order valence-corrected chi connectivity index (χ2v) is 6.47. The van der Waals surface area contributed by atoms with Gasteiger partial charge in [0.1, 0.15) is 12.7 Å². The van der Waals surface area contributed by atoms with Gasteiger partial charge in [-0.2, -0.15) is 5.10 Å². The molecule has 0 spiro atoms. The molecule has 154 valence electrons. The number of aromatic nitrogens is 3. The quantitative estimate of drug-likeness (QED) is 0.447. The van der Waals surface area contributed by atoms with Crippen molar-refractivity contribution in [3.63, 3.8) is 0 Å². The van der Waals surface area contributed by atoms with Gasteiger partial charge in [-0.1, -0.05) is 0 Å². The van der Waals surface area contributed by atoms with E-state index in [4.69, 9.17) is 0 Å². The van der Waals surface area contributed by atoms with E-state index >= 15 is 0 Å². The highest BCUT2D eigenvalue weighted by molar-refractivity contribution is 6.03. The number of carbonyl (C=O) groups excluding carboxylic acids is 2. The van der Waals surface area contributed by atoms with Gasteiger partial charge in [0.15, 0.2) is 0 Å². The van der Waals surface area contributed by atoms with Gasteiger partial charge in [-0.15, -0.1) is 0 Å². The van der Waals surface area contributed by atoms with Gasteiger partial charge >= 0.3 is 0 Å². The number of nitro benzene ring substituents is 1. The van der Waals surface area contributed by atoms with Crippen molar-refractivity contribution in [1.29, 1.82) is 0 Å². The zero-order valence-corrected chi connectivity index (χ0v) is 16.3. The number of carbonyl (C=O) groups is 2. The average molecular weight is 409 g/mol. The Morgan fingerprint density at radius 2 is 1.90 bits per heavy atom. The van der Waals surface area contributed by atoms with Crippen LogP contribution in [0.15, 0.2) is 55.1 Å². The molecule has 1 aromatic heterocycles. The second-order valence-electron chi connectivity index (χ2n) is 6.47. The van der Waals surface area contributed by atoms with Gasteiger partial charge in [0.2, 0.25) is 5.91 Å². The highest BCUT2D eigenvalue weighted by atomic mass is 16.6. The van der Waals surface area contributed by atoms with Crippen LogP contribution < -0.4 is 15.5 Å². The molecule has 0 atom stereocenters. The fourth-order valence-electron chi connectivity index (χ4n) is 2.71. The van der Waals surface area contributed by atoms with Gasteiger partial charge in [-0.05, 0) is 30.3 Å². The molecule has 2 amide bonds. The smallest absolute Gasteiger partial charge is 0.270 e. The lowest BCUT2D eigenvalue weighted by Gasteiger charge is -2.17. The monoisotopic (exact) mass is 409 g/mol. The van der Waals surface area contributed by atoms with E-state index in [1.54, 1.807) is 54.3 Å². The van der Waals surface area contributed by atoms with Crippen LogP contribution in [0.2, 0.25) is 0 Å². The molecule has 2 N–H and O–H groups in total. The molecule has 11 heteroatoms. The molecule has 2 aromatic carbocycles. The van der Waals surface area contributed by atoms with E-state index in [9.17, 15) is 19.7 Å². The number of nitrogens with one attached hydrogen (secondary N) is 2. The topological polar surface area (TPSA) is 135 Å². The molecule has 3 aromatic rings. The summed E-state index contributed by atoms with van der Waals surface area (Å²) in [5.74, 6) is -1.02. The highest BCUT2D eigenvalue weighted by Gasteiger charge is 2.18. The molecule has 0 bridgehead atoms. The summed E-state index contributed by atoms with van der Waals surface area (Å²) in [5.41, 5.74) is 1.73. The Balaban J connectivity index is 1.62. The third-order valence-corrected chi connectivity index (χ3v) is 4.16. The summed E-state index contributed by atoms with van der Waals surface area (Å²) in [6.45, 7) is -0.292. The van der Waals surface area contributed by atoms with Gasteiger partial charge in [0.25, 0.3) is 11.6 Å². The molecule has 0 saturated carbocycles. The Labute approximate surface area is 171 Å². The first-order chi connectivity index (χ1) is 14.3. The molecule has 0 radical (unpaired) electrons. The predicted molar refractivity (Wildman–Crippen MR) is 110 cm³/mol. The number of hydrogen-bond donors (Lipinski definition) is 2. The summed E-state index contributed by atoms with van der Waals surface area (Å²) in [6.07, 6.45) is 2.97. The molecular weight excluding hydrogens is 390 g/mol. The van der Waals surface area contributed by atoms with E-state index in [2.05, 4.69) is 20.7 Å². The van der Waals surface area contributed by atoms with Crippen molar-refractivity contribution in [2.75, 3.05) is 30.9 Å². The second kappa shape index (κ2) is 8.82. The van der Waals surface area contributed by atoms with Gasteiger partial charge in [0.05, 0.1) is 22.7 Å². The van der Waals surface area contributed by atoms with Crippen LogP contribution in [0.4, 0.5) is 17.1 Å². The summed E-state index contributed by atoms with van der Waals surface area (Å²) >= 11 is 0. The molecule has 1 heterocycles. The fourth-order valence-corrected chi connectivity index (χ4v) is 2.71. The van der Waals surface area contributed by atoms with E-state index in [-0.39, 0.29) is 17.8 Å². The maximum atomic E-state index is 12.5. The molecular formula is C19H19N7O4. The minimum atomic E-state index is -0.584. The summed E-state index contributed by atoms with van der Waals surface area (Å²) in [5, 5.41) is 20.2. The first kappa shape index (κ1) is 20.5. The maximum absolute atomic E-state index is 12.5. The van der Waals surface area contributed by atoms with Crippen LogP contribution in [-0.2, 0) is 4.79 Å². The van der Waals surface area contributed by atoms with E-state index in [1.165, 1.54) is 24.5 Å². The number of non-ortho nitro benzene ring substituents is 1. The minimum absolute atomic E-state index is 0.110. The molecule has 3 rings (SSSR count). The number of benzene rings is 2. The first-order valence-corrected chi connectivity index (χ1v) is 8.84. The summed E-state index contributed by atoms with van der Waals surface area (Å²) in [7, 11) is 3.43. The lowest BCUT2D eigenvalue weighted by atomic mass is 10.1. The van der Waals surface area contributed by atoms with Gasteiger partial charge in [-0.25, -0.2) is 9.67 Å². The number of hydrogen-bond acceptors (Lipinski definition) is 7. The van der Waals surface area contributed by atoms with Crippen LogP contribution in [0.1, 0.15) is 10.4 Å². The van der Waals surface area contributed by atoms with Crippen LogP contribution in [0.5, 0.6) is 0 Å². The van der Waals surface area contributed by atoms with Gasteiger partial charge in [-0.3, -0.25) is 19.7 Å². The molecule has 0 unspecified atom stereocenters. The molecule has 0 saturated heterocycles. The van der Waals surface area contributed by atoms with E-state index in [0.29, 0.717) is 11.4 Å². The lowest BCUT2D eigenvalue weighted by Crippen LogP contribution is -2.33. The predicted octanol–water partition coefficient (Wildman–Crippen LogP) is 1.61. The number of nitrogens with zero attached hydrogens (tertiary/aromatic N) is 5.